The van der Waals surface area contributed by atoms with E-state index in [0.717, 1.165) is 12.1 Å². The zero-order valence-electron chi connectivity index (χ0n) is 15.0. The number of rotatable bonds is 9. The van der Waals surface area contributed by atoms with Crippen LogP contribution in [0.2, 0.25) is 0 Å². The molecular formula is C18H26N4O3. The number of hydrogen-bond acceptors (Lipinski definition) is 4. The van der Waals surface area contributed by atoms with Crippen molar-refractivity contribution in [2.45, 2.75) is 20.4 Å². The fourth-order valence-corrected chi connectivity index (χ4v) is 1.97. The van der Waals surface area contributed by atoms with E-state index in [9.17, 15) is 4.79 Å². The molecular weight excluding hydrogens is 320 g/mol. The number of nitrogens with zero attached hydrogens (tertiary/aromatic N) is 1. The zero-order valence-corrected chi connectivity index (χ0v) is 15.0. The Morgan fingerprint density at radius 2 is 1.96 bits per heavy atom. The SMILES string of the molecule is C#CCNC(=NCc1ccc(OCC(=O)NCC)c(OC)c1)NCC. The number of nitrogens with one attached hydrogen (secondary N) is 3. The van der Waals surface area contributed by atoms with Gasteiger partial charge in [-0.3, -0.25) is 4.79 Å². The molecule has 0 fully saturated rings. The fourth-order valence-electron chi connectivity index (χ4n) is 1.97. The van der Waals surface area contributed by atoms with E-state index >= 15 is 0 Å². The van der Waals surface area contributed by atoms with Crippen LogP contribution < -0.4 is 25.4 Å². The molecule has 0 bridgehead atoms. The second kappa shape index (κ2) is 11.6. The normalized spacial score (nSPS) is 10.6. The first-order valence-corrected chi connectivity index (χ1v) is 8.16. The lowest BCUT2D eigenvalue weighted by molar-refractivity contribution is -0.123. The van der Waals surface area contributed by atoms with Crippen LogP contribution in [-0.2, 0) is 11.3 Å². The van der Waals surface area contributed by atoms with Gasteiger partial charge in [0.15, 0.2) is 24.1 Å². The fraction of sp³-hybridized carbons (Fsp3) is 0.444. The topological polar surface area (TPSA) is 84.0 Å². The number of aliphatic imine (C=N–C) groups is 1. The molecule has 0 aliphatic carbocycles. The number of benzene rings is 1. The van der Waals surface area contributed by atoms with E-state index < -0.39 is 0 Å². The summed E-state index contributed by atoms with van der Waals surface area (Å²) in [6, 6.07) is 5.48. The number of hydrogen-bond donors (Lipinski definition) is 3. The standard InChI is InChI=1S/C18H26N4O3/c1-5-10-21-18(20-7-3)22-12-14-8-9-15(16(11-14)24-4)25-13-17(23)19-6-2/h1,8-9,11H,6-7,10,12-13H2,2-4H3,(H,19,23)(H2,20,21,22). The lowest BCUT2D eigenvalue weighted by atomic mass is 10.2. The summed E-state index contributed by atoms with van der Waals surface area (Å²) in [5.41, 5.74) is 0.945. The Morgan fingerprint density at radius 1 is 1.20 bits per heavy atom. The summed E-state index contributed by atoms with van der Waals surface area (Å²) in [5.74, 6) is 4.05. The maximum Gasteiger partial charge on any atom is 0.257 e. The van der Waals surface area contributed by atoms with Crippen molar-refractivity contribution in [3.63, 3.8) is 0 Å². The number of methoxy groups -OCH3 is 1. The van der Waals surface area contributed by atoms with E-state index in [4.69, 9.17) is 15.9 Å². The Kier molecular flexibility index (Phi) is 9.38. The molecule has 0 aromatic heterocycles. The predicted molar refractivity (Wildman–Crippen MR) is 98.8 cm³/mol. The summed E-state index contributed by atoms with van der Waals surface area (Å²) in [5, 5.41) is 8.82. The molecule has 0 spiro atoms. The van der Waals surface area contributed by atoms with Crippen molar-refractivity contribution in [1.29, 1.82) is 0 Å². The van der Waals surface area contributed by atoms with E-state index in [2.05, 4.69) is 26.9 Å². The van der Waals surface area contributed by atoms with Crippen LogP contribution in [0.15, 0.2) is 23.2 Å². The summed E-state index contributed by atoms with van der Waals surface area (Å²) < 4.78 is 10.8. The molecule has 0 saturated carbocycles. The minimum absolute atomic E-state index is 0.0533. The average Bonchev–Trinajstić information content (AvgIpc) is 2.62. The van der Waals surface area contributed by atoms with Crippen molar-refractivity contribution in [3.05, 3.63) is 23.8 Å². The monoisotopic (exact) mass is 346 g/mol. The van der Waals surface area contributed by atoms with Gasteiger partial charge < -0.3 is 25.4 Å². The molecule has 25 heavy (non-hydrogen) atoms. The Hall–Kier alpha value is -2.88. The molecule has 0 radical (unpaired) electrons. The van der Waals surface area contributed by atoms with E-state index in [1.165, 1.54) is 0 Å². The van der Waals surface area contributed by atoms with Crippen molar-refractivity contribution >= 4 is 11.9 Å². The molecule has 0 atom stereocenters. The van der Waals surface area contributed by atoms with Crippen LogP contribution in [-0.4, -0.2) is 45.2 Å². The third-order valence-corrected chi connectivity index (χ3v) is 3.08. The Labute approximate surface area is 149 Å². The van der Waals surface area contributed by atoms with Gasteiger partial charge in [0.05, 0.1) is 20.2 Å². The molecule has 7 nitrogen and oxygen atoms in total. The molecule has 0 aliphatic heterocycles. The van der Waals surface area contributed by atoms with Gasteiger partial charge >= 0.3 is 0 Å². The third kappa shape index (κ3) is 7.48. The number of amides is 1. The number of likely N-dealkylation sites (N-methyl/N-ethyl adjacent to an activating group) is 1. The largest absolute Gasteiger partial charge is 0.493 e. The van der Waals surface area contributed by atoms with Crippen molar-refractivity contribution in [3.8, 4) is 23.8 Å². The van der Waals surface area contributed by atoms with Crippen LogP contribution in [0.25, 0.3) is 0 Å². The van der Waals surface area contributed by atoms with Gasteiger partial charge in [-0.05, 0) is 31.5 Å². The van der Waals surface area contributed by atoms with Crippen molar-refractivity contribution < 1.29 is 14.3 Å². The van der Waals surface area contributed by atoms with E-state index in [-0.39, 0.29) is 12.5 Å². The smallest absolute Gasteiger partial charge is 0.257 e. The Morgan fingerprint density at radius 3 is 2.60 bits per heavy atom. The van der Waals surface area contributed by atoms with Gasteiger partial charge in [0.2, 0.25) is 0 Å². The number of ether oxygens (including phenoxy) is 2. The first-order chi connectivity index (χ1) is 12.1. The number of carbonyl (C=O) groups is 1. The highest BCUT2D eigenvalue weighted by atomic mass is 16.5. The molecule has 1 rings (SSSR count). The van der Waals surface area contributed by atoms with Crippen LogP contribution >= 0.6 is 0 Å². The van der Waals surface area contributed by atoms with Gasteiger partial charge in [-0.1, -0.05) is 12.0 Å². The molecule has 1 amide bonds. The van der Waals surface area contributed by atoms with Gasteiger partial charge in [-0.25, -0.2) is 4.99 Å². The number of terminal acetylenes is 1. The zero-order chi connectivity index (χ0) is 18.5. The molecule has 0 heterocycles. The maximum absolute atomic E-state index is 11.5. The highest BCUT2D eigenvalue weighted by molar-refractivity contribution is 5.80. The lowest BCUT2D eigenvalue weighted by Gasteiger charge is -2.12. The van der Waals surface area contributed by atoms with Crippen LogP contribution in [0.3, 0.4) is 0 Å². The van der Waals surface area contributed by atoms with Gasteiger partial charge in [0.1, 0.15) is 0 Å². The molecule has 7 heteroatoms. The first kappa shape index (κ1) is 20.2. The predicted octanol–water partition coefficient (Wildman–Crippen LogP) is 0.898. The molecule has 0 unspecified atom stereocenters. The molecule has 1 aromatic carbocycles. The Balaban J connectivity index is 2.75. The third-order valence-electron chi connectivity index (χ3n) is 3.08. The van der Waals surface area contributed by atoms with Gasteiger partial charge in [-0.15, -0.1) is 6.42 Å². The van der Waals surface area contributed by atoms with E-state index in [0.29, 0.717) is 37.1 Å². The number of carbonyl (C=O) groups excluding carboxylic acids is 1. The quantitative estimate of drug-likeness (QED) is 0.351. The van der Waals surface area contributed by atoms with Crippen LogP contribution in [0.1, 0.15) is 19.4 Å². The summed E-state index contributed by atoms with van der Waals surface area (Å²) in [6.45, 7) is 5.95. The van der Waals surface area contributed by atoms with Gasteiger partial charge in [0.25, 0.3) is 5.91 Å². The molecule has 0 aliphatic rings. The maximum atomic E-state index is 11.5. The van der Waals surface area contributed by atoms with Gasteiger partial charge in [-0.2, -0.15) is 0 Å². The number of guanidine groups is 1. The first-order valence-electron chi connectivity index (χ1n) is 8.16. The molecule has 136 valence electrons. The van der Waals surface area contributed by atoms with Gasteiger partial charge in [0, 0.05) is 13.1 Å². The second-order valence-corrected chi connectivity index (χ2v) is 4.98. The van der Waals surface area contributed by atoms with Crippen LogP contribution in [0.4, 0.5) is 0 Å². The summed E-state index contributed by atoms with van der Waals surface area (Å²) >= 11 is 0. The molecule has 1 aromatic rings. The summed E-state index contributed by atoms with van der Waals surface area (Å²) in [4.78, 5) is 15.9. The average molecular weight is 346 g/mol. The Bertz CT molecular complexity index is 623. The van der Waals surface area contributed by atoms with Crippen molar-refractivity contribution in [2.24, 2.45) is 4.99 Å². The molecule has 0 saturated heterocycles. The second-order valence-electron chi connectivity index (χ2n) is 4.98. The van der Waals surface area contributed by atoms with E-state index in [1.807, 2.05) is 26.0 Å². The van der Waals surface area contributed by atoms with E-state index in [1.54, 1.807) is 13.2 Å². The summed E-state index contributed by atoms with van der Waals surface area (Å²) in [6.07, 6.45) is 5.25. The summed E-state index contributed by atoms with van der Waals surface area (Å²) in [7, 11) is 1.56. The highest BCUT2D eigenvalue weighted by Crippen LogP contribution is 2.28. The minimum Gasteiger partial charge on any atom is -0.493 e. The molecule has 3 N–H and O–H groups in total. The highest BCUT2D eigenvalue weighted by Gasteiger charge is 2.08. The van der Waals surface area contributed by atoms with Crippen LogP contribution in [0.5, 0.6) is 11.5 Å². The van der Waals surface area contributed by atoms with Crippen molar-refractivity contribution in [1.82, 2.24) is 16.0 Å². The lowest BCUT2D eigenvalue weighted by Crippen LogP contribution is -2.37. The van der Waals surface area contributed by atoms with Crippen LogP contribution in [0, 0.1) is 12.3 Å². The van der Waals surface area contributed by atoms with Crippen molar-refractivity contribution in [2.75, 3.05) is 33.4 Å². The minimum atomic E-state index is -0.173.